The Kier molecular flexibility index (Phi) is 3.69. The predicted octanol–water partition coefficient (Wildman–Crippen LogP) is 2.06. The minimum atomic E-state index is -3.76. The van der Waals surface area contributed by atoms with E-state index in [0.717, 1.165) is 0 Å². The molecule has 1 aliphatic rings. The van der Waals surface area contributed by atoms with Crippen molar-refractivity contribution in [2.45, 2.75) is 29.4 Å². The van der Waals surface area contributed by atoms with Crippen molar-refractivity contribution in [1.82, 2.24) is 9.71 Å². The molecular weight excluding hydrogens is 337 g/mol. The molecule has 3 N–H and O–H groups in total. The zero-order valence-electron chi connectivity index (χ0n) is 10.8. The summed E-state index contributed by atoms with van der Waals surface area (Å²) in [5.41, 5.74) is 4.63. The highest BCUT2D eigenvalue weighted by molar-refractivity contribution is 7.89. The largest absolute Gasteiger partial charge is 0.327 e. The average molecular weight is 350 g/mol. The highest BCUT2D eigenvalue weighted by atomic mass is 35.5. The third kappa shape index (κ3) is 3.04. The Morgan fingerprint density at radius 2 is 2.24 bits per heavy atom. The summed E-state index contributed by atoms with van der Waals surface area (Å²) < 4.78 is 41.7. The van der Waals surface area contributed by atoms with Gasteiger partial charge in [-0.25, -0.2) is 22.5 Å². The number of sulfonamides is 1. The molecule has 3 rings (SSSR count). The van der Waals surface area contributed by atoms with Crippen molar-refractivity contribution < 1.29 is 12.8 Å². The van der Waals surface area contributed by atoms with Crippen LogP contribution in [0.1, 0.15) is 12.8 Å². The number of fused-ring (bicyclic) bond motifs is 1. The smallest absolute Gasteiger partial charge is 0.240 e. The second-order valence-corrected chi connectivity index (χ2v) is 8.62. The molecule has 0 unspecified atom stereocenters. The van der Waals surface area contributed by atoms with E-state index in [9.17, 15) is 12.8 Å². The molecule has 0 atom stereocenters. The fraction of sp³-hybridized carbons (Fsp3) is 0.417. The number of halogens is 2. The fourth-order valence-electron chi connectivity index (χ4n) is 2.38. The maximum absolute atomic E-state index is 14.0. The first-order valence-electron chi connectivity index (χ1n) is 6.28. The Hall–Kier alpha value is -0.800. The number of aromatic nitrogens is 1. The Labute approximate surface area is 130 Å². The molecule has 1 heterocycles. The number of hydrogen-bond donors (Lipinski definition) is 2. The summed E-state index contributed by atoms with van der Waals surface area (Å²) in [5, 5.41) is 0. The molecule has 0 spiro atoms. The van der Waals surface area contributed by atoms with Gasteiger partial charge in [0.1, 0.15) is 5.67 Å². The number of nitrogens with zero attached hydrogens (tertiary/aromatic N) is 1. The van der Waals surface area contributed by atoms with Crippen LogP contribution in [0.5, 0.6) is 0 Å². The van der Waals surface area contributed by atoms with Crippen molar-refractivity contribution in [3.05, 3.63) is 22.7 Å². The van der Waals surface area contributed by atoms with Crippen LogP contribution in [0, 0.1) is 0 Å². The summed E-state index contributed by atoms with van der Waals surface area (Å²) in [7, 11) is -3.76. The molecule has 1 aromatic heterocycles. The minimum Gasteiger partial charge on any atom is -0.327 e. The molecule has 1 aromatic carbocycles. The lowest BCUT2D eigenvalue weighted by Crippen LogP contribution is -2.54. The highest BCUT2D eigenvalue weighted by Crippen LogP contribution is 2.34. The van der Waals surface area contributed by atoms with Crippen molar-refractivity contribution in [2.24, 2.45) is 5.73 Å². The molecular formula is C12H13ClFN3O2S2. The maximum Gasteiger partial charge on any atom is 0.240 e. The normalized spacial score (nSPS) is 26.0. The second kappa shape index (κ2) is 5.13. The topological polar surface area (TPSA) is 85.1 Å². The second-order valence-electron chi connectivity index (χ2n) is 5.24. The van der Waals surface area contributed by atoms with E-state index in [-0.39, 0.29) is 30.3 Å². The number of benzene rings is 1. The number of alkyl halides is 1. The average Bonchev–Trinajstić information content (AvgIpc) is 2.74. The molecule has 1 fully saturated rings. The van der Waals surface area contributed by atoms with Gasteiger partial charge in [-0.1, -0.05) is 11.6 Å². The van der Waals surface area contributed by atoms with Gasteiger partial charge in [-0.3, -0.25) is 0 Å². The summed E-state index contributed by atoms with van der Waals surface area (Å²) in [6.07, 6.45) is 0.359. The lowest BCUT2D eigenvalue weighted by Gasteiger charge is -2.39. The van der Waals surface area contributed by atoms with E-state index in [1.165, 1.54) is 23.5 Å². The summed E-state index contributed by atoms with van der Waals surface area (Å²) in [6.45, 7) is -0.259. The Morgan fingerprint density at radius 3 is 2.90 bits per heavy atom. The summed E-state index contributed by atoms with van der Waals surface area (Å²) in [4.78, 5) is 4.12. The van der Waals surface area contributed by atoms with E-state index in [1.807, 2.05) is 0 Å². The van der Waals surface area contributed by atoms with E-state index < -0.39 is 15.7 Å². The van der Waals surface area contributed by atoms with E-state index in [4.69, 9.17) is 17.3 Å². The first-order chi connectivity index (χ1) is 9.77. The van der Waals surface area contributed by atoms with Crippen LogP contribution in [-0.2, 0) is 10.0 Å². The summed E-state index contributed by atoms with van der Waals surface area (Å²) >= 11 is 6.99. The SMILES string of the molecule is NC1CC(F)(CNS(=O)(=O)c2ccc3nc(Cl)sc3c2)C1. The quantitative estimate of drug-likeness (QED) is 0.884. The van der Waals surface area contributed by atoms with Gasteiger partial charge in [0.15, 0.2) is 4.47 Å². The van der Waals surface area contributed by atoms with Crippen LogP contribution in [0.15, 0.2) is 23.1 Å². The zero-order chi connectivity index (χ0) is 15.3. The molecule has 2 aromatic rings. The van der Waals surface area contributed by atoms with Crippen LogP contribution in [0.4, 0.5) is 4.39 Å². The number of thiazole rings is 1. The first-order valence-corrected chi connectivity index (χ1v) is 8.95. The summed E-state index contributed by atoms with van der Waals surface area (Å²) in [6, 6.07) is 4.31. The van der Waals surface area contributed by atoms with Crippen molar-refractivity contribution in [3.8, 4) is 0 Å². The van der Waals surface area contributed by atoms with Crippen molar-refractivity contribution in [3.63, 3.8) is 0 Å². The molecule has 0 amide bonds. The highest BCUT2D eigenvalue weighted by Gasteiger charge is 2.43. The van der Waals surface area contributed by atoms with Gasteiger partial charge >= 0.3 is 0 Å². The molecule has 9 heteroatoms. The monoisotopic (exact) mass is 349 g/mol. The molecule has 0 bridgehead atoms. The zero-order valence-corrected chi connectivity index (χ0v) is 13.2. The third-order valence-corrected chi connectivity index (χ3v) is 6.00. The van der Waals surface area contributed by atoms with Gasteiger partial charge in [0, 0.05) is 12.6 Å². The van der Waals surface area contributed by atoms with Gasteiger partial charge < -0.3 is 5.73 Å². The van der Waals surface area contributed by atoms with Crippen molar-refractivity contribution in [2.75, 3.05) is 6.54 Å². The number of nitrogens with two attached hydrogens (primary N) is 1. The van der Waals surface area contributed by atoms with Crippen LogP contribution in [0.3, 0.4) is 0 Å². The predicted molar refractivity (Wildman–Crippen MR) is 80.9 cm³/mol. The molecule has 0 radical (unpaired) electrons. The molecule has 0 aliphatic heterocycles. The molecule has 1 saturated carbocycles. The van der Waals surface area contributed by atoms with Crippen LogP contribution in [-0.4, -0.2) is 31.7 Å². The molecule has 5 nitrogen and oxygen atoms in total. The Balaban J connectivity index is 1.79. The van der Waals surface area contributed by atoms with Gasteiger partial charge in [-0.2, -0.15) is 0 Å². The van der Waals surface area contributed by atoms with Crippen molar-refractivity contribution >= 4 is 43.2 Å². The number of rotatable bonds is 4. The van der Waals surface area contributed by atoms with E-state index in [0.29, 0.717) is 14.7 Å². The standard InChI is InChI=1S/C12H13ClFN3O2S2/c13-11-17-9-2-1-8(3-10(9)20-11)21(18,19)16-6-12(14)4-7(15)5-12/h1-3,7,16H,4-6,15H2. The lowest BCUT2D eigenvalue weighted by molar-refractivity contribution is 0.0495. The lowest BCUT2D eigenvalue weighted by atomic mass is 9.78. The van der Waals surface area contributed by atoms with Gasteiger partial charge in [0.25, 0.3) is 0 Å². The first kappa shape index (κ1) is 15.1. The van der Waals surface area contributed by atoms with Gasteiger partial charge in [0.05, 0.1) is 15.1 Å². The van der Waals surface area contributed by atoms with Crippen molar-refractivity contribution in [1.29, 1.82) is 0 Å². The Morgan fingerprint density at radius 1 is 1.52 bits per heavy atom. The minimum absolute atomic E-state index is 0.0718. The number of hydrogen-bond acceptors (Lipinski definition) is 5. The van der Waals surface area contributed by atoms with Gasteiger partial charge in [-0.15, -0.1) is 11.3 Å². The van der Waals surface area contributed by atoms with Crippen LogP contribution in [0.2, 0.25) is 4.47 Å². The molecule has 0 saturated heterocycles. The Bertz CT molecular complexity index is 787. The maximum atomic E-state index is 14.0. The summed E-state index contributed by atoms with van der Waals surface area (Å²) in [5.74, 6) is 0. The van der Waals surface area contributed by atoms with E-state index >= 15 is 0 Å². The van der Waals surface area contributed by atoms with Crippen LogP contribution >= 0.6 is 22.9 Å². The van der Waals surface area contributed by atoms with E-state index in [1.54, 1.807) is 6.07 Å². The van der Waals surface area contributed by atoms with Gasteiger partial charge in [0.2, 0.25) is 10.0 Å². The van der Waals surface area contributed by atoms with Crippen LogP contribution < -0.4 is 10.5 Å². The third-order valence-electron chi connectivity index (χ3n) is 3.48. The molecule has 1 aliphatic carbocycles. The molecule has 114 valence electrons. The van der Waals surface area contributed by atoms with E-state index in [2.05, 4.69) is 9.71 Å². The van der Waals surface area contributed by atoms with Gasteiger partial charge in [-0.05, 0) is 31.0 Å². The molecule has 21 heavy (non-hydrogen) atoms. The number of nitrogens with one attached hydrogen (secondary N) is 1. The van der Waals surface area contributed by atoms with Crippen LogP contribution in [0.25, 0.3) is 10.2 Å². The fourth-order valence-corrected chi connectivity index (χ4v) is 4.66.